The highest BCUT2D eigenvalue weighted by Gasteiger charge is 2.33. The van der Waals surface area contributed by atoms with Crippen LogP contribution in [0.3, 0.4) is 0 Å². The highest BCUT2D eigenvalue weighted by molar-refractivity contribution is 7.10. The van der Waals surface area contributed by atoms with Gasteiger partial charge in [0.15, 0.2) is 5.78 Å². The summed E-state index contributed by atoms with van der Waals surface area (Å²) >= 11 is 1.78. The molecule has 1 saturated heterocycles. The first-order chi connectivity index (χ1) is 11.0. The maximum atomic E-state index is 12.8. The number of nitrogens with one attached hydrogen (secondary N) is 2. The van der Waals surface area contributed by atoms with Crippen molar-refractivity contribution in [2.45, 2.75) is 39.7 Å². The summed E-state index contributed by atoms with van der Waals surface area (Å²) in [5.74, 6) is 0.122. The van der Waals surface area contributed by atoms with Gasteiger partial charge in [0, 0.05) is 24.1 Å². The van der Waals surface area contributed by atoms with Crippen molar-refractivity contribution in [2.75, 3.05) is 13.1 Å². The summed E-state index contributed by atoms with van der Waals surface area (Å²) < 4.78 is 0. The lowest BCUT2D eigenvalue weighted by Gasteiger charge is -2.19. The molecule has 122 valence electrons. The van der Waals surface area contributed by atoms with Gasteiger partial charge in [-0.3, -0.25) is 9.59 Å². The van der Waals surface area contributed by atoms with Gasteiger partial charge < -0.3 is 9.88 Å². The van der Waals surface area contributed by atoms with Crippen LogP contribution < -0.4 is 4.90 Å². The Morgan fingerprint density at radius 1 is 1.39 bits per heavy atom. The summed E-state index contributed by atoms with van der Waals surface area (Å²) in [6.07, 6.45) is 2.30. The molecule has 0 aliphatic carbocycles. The van der Waals surface area contributed by atoms with Crippen molar-refractivity contribution in [2.24, 2.45) is 0 Å². The van der Waals surface area contributed by atoms with Crippen LogP contribution in [0.15, 0.2) is 17.5 Å². The van der Waals surface area contributed by atoms with Gasteiger partial charge in [0.05, 0.1) is 17.1 Å². The zero-order valence-electron chi connectivity index (χ0n) is 13.9. The summed E-state index contributed by atoms with van der Waals surface area (Å²) in [7, 11) is 0. The Balaban J connectivity index is 1.79. The maximum absolute atomic E-state index is 12.8. The molecule has 1 aliphatic heterocycles. The molecule has 3 rings (SSSR count). The monoisotopic (exact) mass is 331 g/mol. The summed E-state index contributed by atoms with van der Waals surface area (Å²) in [5, 5.41) is 2.10. The zero-order chi connectivity index (χ0) is 16.6. The van der Waals surface area contributed by atoms with Gasteiger partial charge in [-0.05, 0) is 37.8 Å². The lowest BCUT2D eigenvalue weighted by molar-refractivity contribution is -0.909. The number of quaternary nitrogens is 1. The van der Waals surface area contributed by atoms with Gasteiger partial charge in [0.25, 0.3) is 0 Å². The van der Waals surface area contributed by atoms with Crippen LogP contribution in [0.4, 0.5) is 0 Å². The van der Waals surface area contributed by atoms with Crippen LogP contribution in [0.1, 0.15) is 62.8 Å². The van der Waals surface area contributed by atoms with Gasteiger partial charge in [0.2, 0.25) is 5.78 Å². The number of thiophene rings is 1. The Hall–Kier alpha value is -1.72. The average molecular weight is 331 g/mol. The van der Waals surface area contributed by atoms with Gasteiger partial charge in [-0.15, -0.1) is 11.3 Å². The van der Waals surface area contributed by atoms with Crippen LogP contribution in [0.25, 0.3) is 0 Å². The number of aromatic nitrogens is 1. The number of aromatic amines is 1. The molecule has 0 aromatic carbocycles. The number of carbonyl (C=O) groups is 2. The summed E-state index contributed by atoms with van der Waals surface area (Å²) in [6, 6.07) is 4.68. The molecular formula is C18H23N2O2S+. The number of hydrogen-bond acceptors (Lipinski definition) is 3. The molecule has 0 spiro atoms. The maximum Gasteiger partial charge on any atom is 0.233 e. The largest absolute Gasteiger partial charge is 0.355 e. The van der Waals surface area contributed by atoms with E-state index >= 15 is 0 Å². The number of ketones is 2. The summed E-state index contributed by atoms with van der Waals surface area (Å²) in [5.41, 5.74) is 2.87. The fraction of sp³-hybridized carbons (Fsp3) is 0.444. The van der Waals surface area contributed by atoms with Crippen LogP contribution in [-0.2, 0) is 0 Å². The Labute approximate surface area is 140 Å². The topological polar surface area (TPSA) is 54.4 Å². The summed E-state index contributed by atoms with van der Waals surface area (Å²) in [4.78, 5) is 30.4. The predicted octanol–water partition coefficient (Wildman–Crippen LogP) is 2.50. The van der Waals surface area contributed by atoms with Crippen LogP contribution in [0.5, 0.6) is 0 Å². The van der Waals surface area contributed by atoms with Gasteiger partial charge in [-0.2, -0.15) is 0 Å². The Morgan fingerprint density at radius 3 is 2.78 bits per heavy atom. The normalized spacial score (nSPS) is 20.8. The molecule has 0 radical (unpaired) electrons. The van der Waals surface area contributed by atoms with Crippen molar-refractivity contribution in [3.63, 3.8) is 0 Å². The average Bonchev–Trinajstić information content (AvgIpc) is 3.18. The van der Waals surface area contributed by atoms with E-state index in [0.29, 0.717) is 23.8 Å². The molecule has 0 amide bonds. The van der Waals surface area contributed by atoms with E-state index in [-0.39, 0.29) is 11.6 Å². The number of likely N-dealkylation sites (tertiary alicyclic amines) is 1. The van der Waals surface area contributed by atoms with E-state index in [1.54, 1.807) is 18.3 Å². The van der Waals surface area contributed by atoms with Crippen molar-refractivity contribution in [1.82, 2.24) is 4.98 Å². The molecule has 0 saturated carbocycles. The lowest BCUT2D eigenvalue weighted by Crippen LogP contribution is -3.11. The second-order valence-corrected chi connectivity index (χ2v) is 7.38. The van der Waals surface area contributed by atoms with Crippen LogP contribution in [0.2, 0.25) is 0 Å². The second-order valence-electron chi connectivity index (χ2n) is 6.40. The van der Waals surface area contributed by atoms with Gasteiger partial charge in [-0.1, -0.05) is 6.07 Å². The first kappa shape index (κ1) is 16.1. The Kier molecular flexibility index (Phi) is 4.50. The van der Waals surface area contributed by atoms with E-state index in [4.69, 9.17) is 0 Å². The van der Waals surface area contributed by atoms with E-state index in [2.05, 4.69) is 22.5 Å². The van der Waals surface area contributed by atoms with Gasteiger partial charge in [-0.25, -0.2) is 0 Å². The molecule has 5 heteroatoms. The second kappa shape index (κ2) is 6.42. The lowest BCUT2D eigenvalue weighted by atomic mass is 10.0. The molecule has 2 N–H and O–H groups in total. The van der Waals surface area contributed by atoms with E-state index in [1.165, 1.54) is 9.78 Å². The van der Waals surface area contributed by atoms with E-state index in [1.807, 2.05) is 13.8 Å². The molecule has 1 aliphatic rings. The third-order valence-corrected chi connectivity index (χ3v) is 5.81. The van der Waals surface area contributed by atoms with Crippen molar-refractivity contribution < 1.29 is 14.5 Å². The van der Waals surface area contributed by atoms with E-state index in [9.17, 15) is 9.59 Å². The van der Waals surface area contributed by atoms with Crippen molar-refractivity contribution in [1.29, 1.82) is 0 Å². The van der Waals surface area contributed by atoms with Crippen LogP contribution in [-0.4, -0.2) is 29.6 Å². The first-order valence-electron chi connectivity index (χ1n) is 8.10. The SMILES string of the molecule is CC(=O)c1c(C)[nH]c(C(=O)C[NH+]2CCC[C@H]2c2cccs2)c1C. The predicted molar refractivity (Wildman–Crippen MR) is 91.6 cm³/mol. The molecular weight excluding hydrogens is 308 g/mol. The minimum Gasteiger partial charge on any atom is -0.355 e. The number of carbonyl (C=O) groups excluding carboxylic acids is 2. The fourth-order valence-electron chi connectivity index (χ4n) is 3.81. The van der Waals surface area contributed by atoms with E-state index in [0.717, 1.165) is 30.6 Å². The minimum atomic E-state index is 0.0141. The number of aryl methyl sites for hydroxylation is 1. The molecule has 2 aromatic rings. The third-order valence-electron chi connectivity index (χ3n) is 4.83. The van der Waals surface area contributed by atoms with Gasteiger partial charge >= 0.3 is 0 Å². The van der Waals surface area contributed by atoms with Crippen molar-refractivity contribution in [3.8, 4) is 0 Å². The quantitative estimate of drug-likeness (QED) is 0.827. The Bertz CT molecular complexity index is 731. The molecule has 1 unspecified atom stereocenters. The molecule has 3 heterocycles. The number of Topliss-reactive ketones (excluding diaryl/α,β-unsaturated/α-hetero) is 2. The molecule has 2 aromatic heterocycles. The number of H-pyrrole nitrogens is 1. The molecule has 4 nitrogen and oxygen atoms in total. The fourth-order valence-corrected chi connectivity index (χ4v) is 4.73. The molecule has 0 bridgehead atoms. The molecule has 2 atom stereocenters. The van der Waals surface area contributed by atoms with Crippen molar-refractivity contribution in [3.05, 3.63) is 44.9 Å². The molecule has 1 fully saturated rings. The van der Waals surface area contributed by atoms with Crippen LogP contribution >= 0.6 is 11.3 Å². The van der Waals surface area contributed by atoms with Crippen LogP contribution in [0, 0.1) is 13.8 Å². The number of hydrogen-bond donors (Lipinski definition) is 2. The highest BCUT2D eigenvalue weighted by atomic mass is 32.1. The van der Waals surface area contributed by atoms with E-state index < -0.39 is 0 Å². The minimum absolute atomic E-state index is 0.0141. The van der Waals surface area contributed by atoms with Crippen molar-refractivity contribution >= 4 is 22.9 Å². The van der Waals surface area contributed by atoms with Gasteiger partial charge in [0.1, 0.15) is 12.6 Å². The molecule has 23 heavy (non-hydrogen) atoms. The smallest absolute Gasteiger partial charge is 0.233 e. The first-order valence-corrected chi connectivity index (χ1v) is 8.98. The standard InChI is InChI=1S/C18H22N2O2S/c1-11-17(13(3)21)12(2)19-18(11)15(22)10-20-8-4-6-14(20)16-7-5-9-23-16/h5,7,9,14,19H,4,6,8,10H2,1-3H3/p+1/t14-/m0/s1. The Morgan fingerprint density at radius 2 is 2.17 bits per heavy atom. The summed E-state index contributed by atoms with van der Waals surface area (Å²) in [6.45, 7) is 6.80. The third kappa shape index (κ3) is 3.03. The number of rotatable bonds is 5. The zero-order valence-corrected chi connectivity index (χ0v) is 14.7. The highest BCUT2D eigenvalue weighted by Crippen LogP contribution is 2.24.